The van der Waals surface area contributed by atoms with E-state index < -0.39 is 0 Å². The lowest BCUT2D eigenvalue weighted by atomic mass is 10.0. The average Bonchev–Trinajstić information content (AvgIpc) is 3.27. The highest BCUT2D eigenvalue weighted by molar-refractivity contribution is 5.98. The fraction of sp³-hybridized carbons (Fsp3) is 0.231. The molecule has 0 atom stereocenters. The Hall–Kier alpha value is -4.20. The van der Waals surface area contributed by atoms with Gasteiger partial charge in [0, 0.05) is 18.0 Å². The Morgan fingerprint density at radius 1 is 0.941 bits per heavy atom. The van der Waals surface area contributed by atoms with Gasteiger partial charge in [0.15, 0.2) is 11.6 Å². The van der Waals surface area contributed by atoms with Crippen molar-refractivity contribution < 1.29 is 14.3 Å². The number of benzene rings is 1. The fourth-order valence-corrected chi connectivity index (χ4v) is 3.77. The minimum atomic E-state index is -0.279. The molecule has 0 unspecified atom stereocenters. The molecule has 0 aliphatic rings. The summed E-state index contributed by atoms with van der Waals surface area (Å²) in [7, 11) is 3.07. The number of aryl methyl sites for hydroxylation is 3. The van der Waals surface area contributed by atoms with Crippen molar-refractivity contribution in [2.45, 2.75) is 27.3 Å². The highest BCUT2D eigenvalue weighted by Crippen LogP contribution is 2.26. The summed E-state index contributed by atoms with van der Waals surface area (Å²) in [4.78, 5) is 22.4. The standard InChI is InChI=1S/C26H27N5O3/c1-16-8-17(2)10-19(9-16)20-11-22(24(27-13-20)31-15-18(3)12-29-31)25(32)28-14-21-6-7-23(33-4)26(30-21)34-5/h6-13,15H,14H2,1-5H3,(H,28,32). The second kappa shape index (κ2) is 9.74. The van der Waals surface area contributed by atoms with E-state index in [1.54, 1.807) is 36.3 Å². The molecule has 3 aromatic heterocycles. The monoisotopic (exact) mass is 457 g/mol. The van der Waals surface area contributed by atoms with E-state index in [4.69, 9.17) is 9.47 Å². The predicted molar refractivity (Wildman–Crippen MR) is 130 cm³/mol. The largest absolute Gasteiger partial charge is 0.491 e. The molecule has 0 saturated carbocycles. The van der Waals surface area contributed by atoms with Crippen molar-refractivity contribution in [3.8, 4) is 28.6 Å². The number of carbonyl (C=O) groups is 1. The average molecular weight is 458 g/mol. The maximum atomic E-state index is 13.3. The van der Waals surface area contributed by atoms with Crippen molar-refractivity contribution in [1.82, 2.24) is 25.1 Å². The molecule has 8 heteroatoms. The van der Waals surface area contributed by atoms with Crippen LogP contribution in [0.4, 0.5) is 0 Å². The Morgan fingerprint density at radius 3 is 2.35 bits per heavy atom. The summed E-state index contributed by atoms with van der Waals surface area (Å²) >= 11 is 0. The van der Waals surface area contributed by atoms with E-state index >= 15 is 0 Å². The van der Waals surface area contributed by atoms with Crippen LogP contribution in [0.15, 0.2) is 55.0 Å². The summed E-state index contributed by atoms with van der Waals surface area (Å²) in [5.74, 6) is 1.07. The van der Waals surface area contributed by atoms with E-state index in [0.717, 1.165) is 27.8 Å². The smallest absolute Gasteiger partial charge is 0.257 e. The van der Waals surface area contributed by atoms with Gasteiger partial charge in [0.1, 0.15) is 0 Å². The van der Waals surface area contributed by atoms with Gasteiger partial charge in [-0.25, -0.2) is 14.6 Å². The number of ether oxygens (including phenoxy) is 2. The minimum absolute atomic E-state index is 0.213. The second-order valence-corrected chi connectivity index (χ2v) is 8.13. The first-order valence-electron chi connectivity index (χ1n) is 10.8. The van der Waals surface area contributed by atoms with Crippen molar-refractivity contribution in [2.75, 3.05) is 14.2 Å². The molecule has 1 N–H and O–H groups in total. The van der Waals surface area contributed by atoms with Gasteiger partial charge >= 0.3 is 0 Å². The van der Waals surface area contributed by atoms with Crippen molar-refractivity contribution >= 4 is 5.91 Å². The lowest BCUT2D eigenvalue weighted by molar-refractivity contribution is 0.0950. The van der Waals surface area contributed by atoms with Gasteiger partial charge < -0.3 is 14.8 Å². The Morgan fingerprint density at radius 2 is 1.71 bits per heavy atom. The Bertz CT molecular complexity index is 1330. The molecule has 0 fully saturated rings. The second-order valence-electron chi connectivity index (χ2n) is 8.13. The van der Waals surface area contributed by atoms with Crippen LogP contribution < -0.4 is 14.8 Å². The van der Waals surface area contributed by atoms with E-state index in [9.17, 15) is 4.79 Å². The summed E-state index contributed by atoms with van der Waals surface area (Å²) in [5.41, 5.74) is 6.18. The number of nitrogens with zero attached hydrogens (tertiary/aromatic N) is 4. The van der Waals surface area contributed by atoms with Gasteiger partial charge in [-0.1, -0.05) is 29.3 Å². The number of nitrogens with one attached hydrogen (secondary N) is 1. The molecule has 0 radical (unpaired) electrons. The quantitative estimate of drug-likeness (QED) is 0.447. The molecule has 0 aliphatic carbocycles. The van der Waals surface area contributed by atoms with Crippen LogP contribution in [-0.2, 0) is 6.54 Å². The van der Waals surface area contributed by atoms with Crippen LogP contribution in [0.1, 0.15) is 32.7 Å². The molecule has 4 rings (SSSR count). The first-order chi connectivity index (χ1) is 16.4. The number of methoxy groups -OCH3 is 2. The molecular formula is C26H27N5O3. The molecular weight excluding hydrogens is 430 g/mol. The number of hydrogen-bond acceptors (Lipinski definition) is 6. The fourth-order valence-electron chi connectivity index (χ4n) is 3.77. The third-order valence-corrected chi connectivity index (χ3v) is 5.32. The molecule has 3 heterocycles. The van der Waals surface area contributed by atoms with Crippen molar-refractivity contribution in [3.05, 3.63) is 82.9 Å². The molecule has 174 valence electrons. The maximum Gasteiger partial charge on any atom is 0.257 e. The number of rotatable bonds is 7. The van der Waals surface area contributed by atoms with Gasteiger partial charge in [-0.15, -0.1) is 0 Å². The van der Waals surface area contributed by atoms with Gasteiger partial charge in [-0.3, -0.25) is 4.79 Å². The zero-order valence-corrected chi connectivity index (χ0v) is 19.9. The van der Waals surface area contributed by atoms with Crippen LogP contribution in [0.25, 0.3) is 16.9 Å². The maximum absolute atomic E-state index is 13.3. The van der Waals surface area contributed by atoms with E-state index in [-0.39, 0.29) is 12.5 Å². The zero-order valence-electron chi connectivity index (χ0n) is 19.9. The van der Waals surface area contributed by atoms with Crippen LogP contribution in [0, 0.1) is 20.8 Å². The van der Waals surface area contributed by atoms with Gasteiger partial charge in [0.05, 0.1) is 38.2 Å². The number of hydrogen-bond donors (Lipinski definition) is 1. The van der Waals surface area contributed by atoms with Gasteiger partial charge in [-0.2, -0.15) is 5.10 Å². The molecule has 4 aromatic rings. The molecule has 34 heavy (non-hydrogen) atoms. The molecule has 0 aliphatic heterocycles. The Kier molecular flexibility index (Phi) is 6.58. The SMILES string of the molecule is COc1ccc(CNC(=O)c2cc(-c3cc(C)cc(C)c3)cnc2-n2cc(C)cn2)nc1OC. The van der Waals surface area contributed by atoms with E-state index in [1.165, 1.54) is 7.11 Å². The van der Waals surface area contributed by atoms with Gasteiger partial charge in [0.25, 0.3) is 11.8 Å². The lowest BCUT2D eigenvalue weighted by Crippen LogP contribution is -2.25. The Labute approximate surface area is 198 Å². The first-order valence-corrected chi connectivity index (χ1v) is 10.8. The number of aromatic nitrogens is 4. The number of carbonyl (C=O) groups excluding carboxylic acids is 1. The highest BCUT2D eigenvalue weighted by atomic mass is 16.5. The molecule has 1 aromatic carbocycles. The first kappa shape index (κ1) is 23.0. The van der Waals surface area contributed by atoms with Crippen molar-refractivity contribution in [3.63, 3.8) is 0 Å². The van der Waals surface area contributed by atoms with Crippen molar-refractivity contribution in [2.24, 2.45) is 0 Å². The molecule has 8 nitrogen and oxygen atoms in total. The van der Waals surface area contributed by atoms with Crippen molar-refractivity contribution in [1.29, 1.82) is 0 Å². The summed E-state index contributed by atoms with van der Waals surface area (Å²) in [6, 6.07) is 11.7. The van der Waals surface area contributed by atoms with E-state index in [2.05, 4.69) is 52.4 Å². The zero-order chi connectivity index (χ0) is 24.2. The summed E-state index contributed by atoms with van der Waals surface area (Å²) in [6.45, 7) is 6.25. The van der Waals surface area contributed by atoms with Crippen LogP contribution >= 0.6 is 0 Å². The highest BCUT2D eigenvalue weighted by Gasteiger charge is 2.18. The normalized spacial score (nSPS) is 10.7. The third-order valence-electron chi connectivity index (χ3n) is 5.32. The van der Waals surface area contributed by atoms with Crippen LogP contribution in [0.3, 0.4) is 0 Å². The van der Waals surface area contributed by atoms with Crippen LogP contribution in [0.5, 0.6) is 11.6 Å². The predicted octanol–water partition coefficient (Wildman–Crippen LogP) is 4.20. The lowest BCUT2D eigenvalue weighted by Gasteiger charge is -2.13. The summed E-state index contributed by atoms with van der Waals surface area (Å²) in [5, 5.41) is 7.29. The topological polar surface area (TPSA) is 91.2 Å². The van der Waals surface area contributed by atoms with Crippen LogP contribution in [0.2, 0.25) is 0 Å². The minimum Gasteiger partial charge on any atom is -0.491 e. The van der Waals surface area contributed by atoms with Crippen LogP contribution in [-0.4, -0.2) is 39.9 Å². The van der Waals surface area contributed by atoms with E-state index in [0.29, 0.717) is 28.7 Å². The third kappa shape index (κ3) is 4.91. The molecule has 0 saturated heterocycles. The summed E-state index contributed by atoms with van der Waals surface area (Å²) in [6.07, 6.45) is 5.34. The Balaban J connectivity index is 1.68. The molecule has 0 spiro atoms. The molecule has 1 amide bonds. The van der Waals surface area contributed by atoms with E-state index in [1.807, 2.05) is 19.2 Å². The molecule has 0 bridgehead atoms. The number of pyridine rings is 2. The van der Waals surface area contributed by atoms with Gasteiger partial charge in [0.2, 0.25) is 0 Å². The van der Waals surface area contributed by atoms with Gasteiger partial charge in [-0.05, 0) is 50.1 Å². The number of amides is 1. The summed E-state index contributed by atoms with van der Waals surface area (Å²) < 4.78 is 12.1.